The summed E-state index contributed by atoms with van der Waals surface area (Å²) in [5.41, 5.74) is 6.80. The number of benzene rings is 3. The first-order valence-corrected chi connectivity index (χ1v) is 13.5. The Hall–Kier alpha value is -5.44. The maximum atomic E-state index is 11.6. The van der Waals surface area contributed by atoms with E-state index in [1.807, 2.05) is 84.9 Å². The Balaban J connectivity index is 1.39. The summed E-state index contributed by atoms with van der Waals surface area (Å²) in [6, 6.07) is 27.7. The number of pyridine rings is 1. The predicted molar refractivity (Wildman–Crippen MR) is 155 cm³/mol. The molecular weight excluding hydrogens is 516 g/mol. The summed E-state index contributed by atoms with van der Waals surface area (Å²) in [6.45, 7) is 0. The van der Waals surface area contributed by atoms with Gasteiger partial charge in [0.15, 0.2) is 17.1 Å². The number of carboxylic acid groups (broad SMARTS) is 1. The van der Waals surface area contributed by atoms with Gasteiger partial charge in [0.2, 0.25) is 5.89 Å². The second kappa shape index (κ2) is 8.79. The molecule has 3 aromatic heterocycles. The molecule has 41 heavy (non-hydrogen) atoms. The largest absolute Gasteiger partial charge is 0.465 e. The molecule has 1 amide bonds. The van der Waals surface area contributed by atoms with Crippen molar-refractivity contribution in [1.29, 1.82) is 0 Å². The second-order valence-corrected chi connectivity index (χ2v) is 10.4. The molecule has 0 unspecified atom stereocenters. The Morgan fingerprint density at radius 2 is 1.76 bits per heavy atom. The van der Waals surface area contributed by atoms with Crippen LogP contribution in [0.2, 0.25) is 0 Å². The summed E-state index contributed by atoms with van der Waals surface area (Å²) in [4.78, 5) is 26.2. The van der Waals surface area contributed by atoms with Crippen molar-refractivity contribution in [3.05, 3.63) is 96.7 Å². The minimum Gasteiger partial charge on any atom is -0.465 e. The zero-order chi connectivity index (χ0) is 27.6. The van der Waals surface area contributed by atoms with Crippen molar-refractivity contribution in [2.45, 2.75) is 24.8 Å². The Kier molecular flexibility index (Phi) is 5.02. The maximum Gasteiger partial charge on any atom is 0.405 e. The molecule has 200 valence electrons. The van der Waals surface area contributed by atoms with Crippen molar-refractivity contribution >= 4 is 28.7 Å². The highest BCUT2D eigenvalue weighted by Crippen LogP contribution is 2.46. The minimum atomic E-state index is -1.01. The van der Waals surface area contributed by atoms with Crippen molar-refractivity contribution in [3.8, 4) is 39.9 Å². The molecule has 1 aliphatic heterocycles. The highest BCUT2D eigenvalue weighted by atomic mass is 16.4. The molecule has 0 bridgehead atoms. The van der Waals surface area contributed by atoms with Crippen molar-refractivity contribution in [1.82, 2.24) is 24.8 Å². The minimum absolute atomic E-state index is 0.421. The van der Waals surface area contributed by atoms with Gasteiger partial charge in [-0.3, -0.25) is 4.57 Å². The summed E-state index contributed by atoms with van der Waals surface area (Å²) in [6.07, 6.45) is 3.28. The number of aromatic nitrogens is 4. The molecular formula is C32H24N6O3. The number of nitrogens with one attached hydrogen (secondary N) is 2. The first kappa shape index (κ1) is 23.4. The lowest BCUT2D eigenvalue weighted by Crippen LogP contribution is -2.50. The smallest absolute Gasteiger partial charge is 0.405 e. The number of fused-ring (bicyclic) bond motifs is 6. The maximum absolute atomic E-state index is 11.6. The number of hydrogen-bond acceptors (Lipinski definition) is 6. The zero-order valence-electron chi connectivity index (χ0n) is 21.8. The van der Waals surface area contributed by atoms with E-state index in [0.717, 1.165) is 64.4 Å². The number of oxazole rings is 1. The van der Waals surface area contributed by atoms with Crippen molar-refractivity contribution in [3.63, 3.8) is 0 Å². The van der Waals surface area contributed by atoms with Gasteiger partial charge in [-0.05, 0) is 61.2 Å². The number of amides is 1. The number of nitrogens with zero attached hydrogens (tertiary/aromatic N) is 4. The molecule has 8 rings (SSSR count). The Labute approximate surface area is 234 Å². The Morgan fingerprint density at radius 1 is 0.951 bits per heavy atom. The summed E-state index contributed by atoms with van der Waals surface area (Å²) in [5.74, 6) is 1.86. The quantitative estimate of drug-likeness (QED) is 0.218. The van der Waals surface area contributed by atoms with Gasteiger partial charge in [0.05, 0.1) is 22.6 Å². The topological polar surface area (TPSA) is 118 Å². The van der Waals surface area contributed by atoms with Crippen LogP contribution in [0.15, 0.2) is 95.5 Å². The Bertz CT molecular complexity index is 1940. The van der Waals surface area contributed by atoms with Crippen LogP contribution in [0.25, 0.3) is 51.0 Å². The van der Waals surface area contributed by atoms with E-state index in [0.29, 0.717) is 23.0 Å². The van der Waals surface area contributed by atoms with Gasteiger partial charge in [-0.15, -0.1) is 0 Å². The fourth-order valence-corrected chi connectivity index (χ4v) is 5.98. The number of hydrogen-bond donors (Lipinski definition) is 3. The van der Waals surface area contributed by atoms with Crippen LogP contribution in [0.1, 0.15) is 24.8 Å². The first-order chi connectivity index (χ1) is 20.1. The first-order valence-electron chi connectivity index (χ1n) is 13.5. The lowest BCUT2D eigenvalue weighted by molar-refractivity contribution is 0.144. The SMILES string of the molecule is O=C(O)NC1(c2ccc(-c3c(-c4nc5ccccc5o4)nc4n3-c3cccnc3Nc3ccccc3-4)cc2)CCC1. The molecule has 3 N–H and O–H groups in total. The lowest BCUT2D eigenvalue weighted by atomic mass is 9.72. The second-order valence-electron chi connectivity index (χ2n) is 10.4. The molecule has 3 aromatic carbocycles. The number of rotatable bonds is 4. The molecule has 4 heterocycles. The van der Waals surface area contributed by atoms with E-state index in [2.05, 4.69) is 20.2 Å². The highest BCUT2D eigenvalue weighted by Gasteiger charge is 2.40. The van der Waals surface area contributed by atoms with Crippen LogP contribution in [-0.4, -0.2) is 30.7 Å². The van der Waals surface area contributed by atoms with Crippen LogP contribution >= 0.6 is 0 Å². The van der Waals surface area contributed by atoms with E-state index in [9.17, 15) is 9.90 Å². The summed E-state index contributed by atoms with van der Waals surface area (Å²) in [5, 5.41) is 15.7. The van der Waals surface area contributed by atoms with Crippen LogP contribution in [0.3, 0.4) is 0 Å². The van der Waals surface area contributed by atoms with Crippen molar-refractivity contribution in [2.24, 2.45) is 0 Å². The average molecular weight is 541 g/mol. The van der Waals surface area contributed by atoms with E-state index in [1.165, 1.54) is 0 Å². The summed E-state index contributed by atoms with van der Waals surface area (Å²) >= 11 is 0. The zero-order valence-corrected chi connectivity index (χ0v) is 21.8. The molecule has 1 aliphatic carbocycles. The molecule has 2 aliphatic rings. The molecule has 0 saturated heterocycles. The van der Waals surface area contributed by atoms with Crippen LogP contribution in [0, 0.1) is 0 Å². The molecule has 1 fully saturated rings. The molecule has 6 aromatic rings. The molecule has 9 heteroatoms. The number of para-hydroxylation sites is 3. The molecule has 0 radical (unpaired) electrons. The monoisotopic (exact) mass is 540 g/mol. The van der Waals surface area contributed by atoms with Gasteiger partial charge in [-0.25, -0.2) is 19.7 Å². The highest BCUT2D eigenvalue weighted by molar-refractivity contribution is 5.90. The lowest BCUT2D eigenvalue weighted by Gasteiger charge is -2.42. The number of anilines is 2. The molecule has 0 spiro atoms. The van der Waals surface area contributed by atoms with Crippen LogP contribution < -0.4 is 10.6 Å². The van der Waals surface area contributed by atoms with E-state index < -0.39 is 11.6 Å². The van der Waals surface area contributed by atoms with E-state index in [4.69, 9.17) is 14.4 Å². The standard InChI is InChI=1S/C32H24N6O3/c39-31(40)37-32(16-6-17-32)20-14-12-19(13-15-20)27-26(30-35-23-9-3-4-11-25(23)41-30)36-29-21-7-1-2-8-22(21)34-28-24(38(27)29)10-5-18-33-28/h1-5,7-15,18,37H,6,16-17H2,(H,33,34)(H,39,40). The normalized spacial score (nSPS) is 14.6. The fraction of sp³-hybridized carbons (Fsp3) is 0.125. The third-order valence-corrected chi connectivity index (χ3v) is 8.09. The third kappa shape index (κ3) is 3.62. The molecule has 1 saturated carbocycles. The molecule has 0 atom stereocenters. The van der Waals surface area contributed by atoms with Crippen LogP contribution in [-0.2, 0) is 5.54 Å². The molecule has 9 nitrogen and oxygen atoms in total. The van der Waals surface area contributed by atoms with Gasteiger partial charge in [0, 0.05) is 17.3 Å². The van der Waals surface area contributed by atoms with E-state index in [1.54, 1.807) is 6.20 Å². The number of carbonyl (C=O) groups is 1. The predicted octanol–water partition coefficient (Wildman–Crippen LogP) is 7.11. The van der Waals surface area contributed by atoms with Crippen LogP contribution in [0.5, 0.6) is 0 Å². The van der Waals surface area contributed by atoms with E-state index in [-0.39, 0.29) is 0 Å². The third-order valence-electron chi connectivity index (χ3n) is 8.09. The van der Waals surface area contributed by atoms with Crippen molar-refractivity contribution < 1.29 is 14.3 Å². The van der Waals surface area contributed by atoms with E-state index >= 15 is 0 Å². The number of imidazole rings is 1. The van der Waals surface area contributed by atoms with Gasteiger partial charge in [-0.1, -0.05) is 48.5 Å². The summed E-state index contributed by atoms with van der Waals surface area (Å²) < 4.78 is 8.36. The van der Waals surface area contributed by atoms with Crippen LogP contribution in [0.4, 0.5) is 16.3 Å². The van der Waals surface area contributed by atoms with Crippen molar-refractivity contribution in [2.75, 3.05) is 5.32 Å². The Morgan fingerprint density at radius 3 is 2.54 bits per heavy atom. The van der Waals surface area contributed by atoms with Gasteiger partial charge in [0.25, 0.3) is 0 Å². The van der Waals surface area contributed by atoms with Gasteiger partial charge >= 0.3 is 6.09 Å². The van der Waals surface area contributed by atoms with Gasteiger partial charge in [0.1, 0.15) is 11.3 Å². The van der Waals surface area contributed by atoms with Gasteiger partial charge in [-0.2, -0.15) is 0 Å². The average Bonchev–Trinajstić information content (AvgIpc) is 3.54. The van der Waals surface area contributed by atoms with Gasteiger partial charge < -0.3 is 20.2 Å². The fourth-order valence-electron chi connectivity index (χ4n) is 5.98. The summed E-state index contributed by atoms with van der Waals surface area (Å²) in [7, 11) is 0.